The summed E-state index contributed by atoms with van der Waals surface area (Å²) in [5, 5.41) is 2.75. The Balaban J connectivity index is 1.37. The second-order valence-electron chi connectivity index (χ2n) is 15.0. The van der Waals surface area contributed by atoms with Gasteiger partial charge in [-0.1, -0.05) is 25.3 Å². The number of allylic oxidation sites excluding steroid dienone is 4. The average molecular weight is 798 g/mol. The number of esters is 2. The second kappa shape index (κ2) is 17.9. The maximum atomic E-state index is 13.3. The average Bonchev–Trinajstić information content (AvgIpc) is 3.99. The molecule has 2 aliphatic rings. The van der Waals surface area contributed by atoms with E-state index < -0.39 is 11.9 Å². The molecule has 1 atom stereocenters. The summed E-state index contributed by atoms with van der Waals surface area (Å²) < 4.78 is 11.7. The zero-order valence-electron chi connectivity index (χ0n) is 34.8. The minimum absolute atomic E-state index is 0.0794. The fourth-order valence-corrected chi connectivity index (χ4v) is 7.73. The Kier molecular flexibility index (Phi) is 12.7. The summed E-state index contributed by atoms with van der Waals surface area (Å²) in [6, 6.07) is 8.00. The molecule has 6 rings (SSSR count). The Hall–Kier alpha value is -6.63. The molecule has 0 aliphatic carbocycles. The lowest BCUT2D eigenvalue weighted by atomic mass is 9.97. The van der Waals surface area contributed by atoms with Crippen molar-refractivity contribution >= 4 is 80.1 Å². The highest BCUT2D eigenvalue weighted by atomic mass is 16.5. The lowest BCUT2D eigenvalue weighted by Gasteiger charge is -2.13. The molecule has 4 aromatic heterocycles. The number of carbonyl (C=O) groups excluding carboxylic acids is 4. The van der Waals surface area contributed by atoms with E-state index in [0.717, 1.165) is 78.0 Å². The number of imidazole rings is 1. The standard InChI is InChI=1S/C46H51N7O6/c1-10-32-25(3)36-18-37-27(5)34(12-14-44(55)47-22-31(54)17-29(46(57)59-9)16-30-23-53(7)24-48-30)42(51-37)21-43-35(13-15-45(56)58-8)28(6)39(52-43)20-41-33(11-2)26(4)38(50-41)19-40(32)49-36/h10-11,18-21,23-24,29,49-50H,1-2,12-17,22H2,3-9H3,(H,47,55)/t29-/m1/s1. The van der Waals surface area contributed by atoms with Crippen molar-refractivity contribution in [1.29, 1.82) is 0 Å². The molecule has 0 spiro atoms. The normalized spacial score (nSPS) is 13.0. The summed E-state index contributed by atoms with van der Waals surface area (Å²) in [4.78, 5) is 72.8. The zero-order valence-corrected chi connectivity index (χ0v) is 34.8. The van der Waals surface area contributed by atoms with Crippen molar-refractivity contribution < 1.29 is 28.7 Å². The van der Waals surface area contributed by atoms with Gasteiger partial charge in [-0.05, 0) is 98.2 Å². The van der Waals surface area contributed by atoms with Crippen LogP contribution in [0.1, 0.15) is 96.7 Å². The number of ketones is 1. The number of H-pyrrole nitrogens is 2. The van der Waals surface area contributed by atoms with Gasteiger partial charge >= 0.3 is 11.9 Å². The number of nitrogens with one attached hydrogen (secondary N) is 3. The van der Waals surface area contributed by atoms with Crippen molar-refractivity contribution in [3.63, 3.8) is 0 Å². The van der Waals surface area contributed by atoms with Crippen LogP contribution in [0.2, 0.25) is 0 Å². The van der Waals surface area contributed by atoms with Crippen molar-refractivity contribution in [2.45, 2.75) is 66.2 Å². The third kappa shape index (κ3) is 9.09. The van der Waals surface area contributed by atoms with Crippen molar-refractivity contribution in [2.24, 2.45) is 13.0 Å². The van der Waals surface area contributed by atoms with Crippen LogP contribution in [-0.4, -0.2) is 73.9 Å². The van der Waals surface area contributed by atoms with Crippen molar-refractivity contribution in [1.82, 2.24) is 34.8 Å². The van der Waals surface area contributed by atoms with E-state index in [1.165, 1.54) is 14.2 Å². The SMILES string of the molecule is C=Cc1c(C)c2cc3[nH]c(cc4nc(cc5nc(cc1[nH]2)C(C)=C5CCC(=O)OC)C(CCC(=O)NCC(=O)C[C@@H](Cc1cn(C)cn1)C(=O)OC)=C4C)c(C)c3C=C. The number of methoxy groups -OCH3 is 2. The predicted octanol–water partition coefficient (Wildman–Crippen LogP) is 7.65. The number of hydrogen-bond acceptors (Lipinski definition) is 9. The number of hydrogen-bond donors (Lipinski definition) is 3. The first-order valence-corrected chi connectivity index (χ1v) is 19.6. The quantitative estimate of drug-likeness (QED) is 0.102. The summed E-state index contributed by atoms with van der Waals surface area (Å²) in [6.07, 6.45) is 8.22. The summed E-state index contributed by atoms with van der Waals surface area (Å²) >= 11 is 0. The number of aryl methyl sites for hydroxylation is 3. The molecule has 0 aromatic carbocycles. The molecule has 3 N–H and O–H groups in total. The number of amides is 1. The molecular weight excluding hydrogens is 747 g/mol. The predicted molar refractivity (Wildman–Crippen MR) is 231 cm³/mol. The molecule has 306 valence electrons. The van der Waals surface area contributed by atoms with Gasteiger partial charge in [0, 0.05) is 72.1 Å². The molecule has 13 nitrogen and oxygen atoms in total. The smallest absolute Gasteiger partial charge is 0.309 e. The Bertz CT molecular complexity index is 2620. The fraction of sp³-hybridized carbons (Fsp3) is 0.326. The highest BCUT2D eigenvalue weighted by molar-refractivity contribution is 5.97. The van der Waals surface area contributed by atoms with Crippen molar-refractivity contribution in [3.8, 4) is 0 Å². The minimum Gasteiger partial charge on any atom is -0.469 e. The van der Waals surface area contributed by atoms with Gasteiger partial charge in [-0.3, -0.25) is 19.2 Å². The molecule has 6 heterocycles. The van der Waals surface area contributed by atoms with Crippen LogP contribution in [0.15, 0.2) is 49.9 Å². The highest BCUT2D eigenvalue weighted by Gasteiger charge is 2.26. The molecule has 0 fully saturated rings. The third-order valence-electron chi connectivity index (χ3n) is 11.2. The van der Waals surface area contributed by atoms with Crippen LogP contribution >= 0.6 is 0 Å². The van der Waals surface area contributed by atoms with Crippen LogP contribution in [0, 0.1) is 19.8 Å². The first-order valence-electron chi connectivity index (χ1n) is 19.6. The van der Waals surface area contributed by atoms with Crippen LogP contribution in [0.5, 0.6) is 0 Å². The van der Waals surface area contributed by atoms with E-state index in [1.807, 2.05) is 58.2 Å². The largest absolute Gasteiger partial charge is 0.469 e. The number of aromatic nitrogens is 6. The lowest BCUT2D eigenvalue weighted by Crippen LogP contribution is -2.32. The van der Waals surface area contributed by atoms with Crippen LogP contribution in [-0.2, 0) is 42.1 Å². The summed E-state index contributed by atoms with van der Waals surface area (Å²) in [5.41, 5.74) is 14.5. The van der Waals surface area contributed by atoms with E-state index in [9.17, 15) is 19.2 Å². The van der Waals surface area contributed by atoms with Gasteiger partial charge in [0.15, 0.2) is 5.78 Å². The molecule has 13 heteroatoms. The second-order valence-corrected chi connectivity index (χ2v) is 15.0. The molecule has 1 amide bonds. The molecule has 0 radical (unpaired) electrons. The number of nitrogens with zero attached hydrogens (tertiary/aromatic N) is 4. The highest BCUT2D eigenvalue weighted by Crippen LogP contribution is 2.38. The third-order valence-corrected chi connectivity index (χ3v) is 11.2. The van der Waals surface area contributed by atoms with Crippen molar-refractivity contribution in [3.05, 3.63) is 101 Å². The van der Waals surface area contributed by atoms with Crippen LogP contribution < -0.4 is 5.32 Å². The summed E-state index contributed by atoms with van der Waals surface area (Å²) in [6.45, 7) is 16.0. The Labute approximate surface area is 343 Å². The number of Topliss-reactive ketones (excluding diaryl/α,β-unsaturated/α-hetero) is 1. The van der Waals surface area contributed by atoms with Crippen LogP contribution in [0.25, 0.3) is 56.5 Å². The number of carbonyl (C=O) groups is 4. The van der Waals surface area contributed by atoms with Gasteiger partial charge in [0.1, 0.15) is 0 Å². The van der Waals surface area contributed by atoms with Crippen molar-refractivity contribution in [2.75, 3.05) is 20.8 Å². The van der Waals surface area contributed by atoms with E-state index >= 15 is 0 Å². The van der Waals surface area contributed by atoms with Gasteiger partial charge in [-0.25, -0.2) is 15.0 Å². The number of fused-ring (bicyclic) bond motifs is 8. The molecule has 0 saturated carbocycles. The maximum Gasteiger partial charge on any atom is 0.309 e. The Morgan fingerprint density at radius 1 is 0.780 bits per heavy atom. The van der Waals surface area contributed by atoms with E-state index in [4.69, 9.17) is 19.4 Å². The summed E-state index contributed by atoms with van der Waals surface area (Å²) in [5.74, 6) is -2.17. The number of ether oxygens (including phenoxy) is 2. The fourth-order valence-electron chi connectivity index (χ4n) is 7.73. The molecule has 0 saturated heterocycles. The van der Waals surface area contributed by atoms with E-state index in [-0.39, 0.29) is 49.9 Å². The number of aromatic amines is 2. The first-order chi connectivity index (χ1) is 28.2. The van der Waals surface area contributed by atoms with E-state index in [2.05, 4.69) is 46.4 Å². The molecular formula is C46H51N7O6. The lowest BCUT2D eigenvalue weighted by molar-refractivity contribution is -0.147. The van der Waals surface area contributed by atoms with Crippen LogP contribution in [0.4, 0.5) is 0 Å². The molecule has 0 unspecified atom stereocenters. The van der Waals surface area contributed by atoms with Gasteiger partial charge < -0.3 is 29.3 Å². The molecule has 8 bridgehead atoms. The first kappa shape index (κ1) is 42.0. The van der Waals surface area contributed by atoms with Gasteiger partial charge in [-0.15, -0.1) is 0 Å². The summed E-state index contributed by atoms with van der Waals surface area (Å²) in [7, 11) is 4.48. The molecule has 4 aromatic rings. The van der Waals surface area contributed by atoms with E-state index in [1.54, 1.807) is 17.1 Å². The molecule has 59 heavy (non-hydrogen) atoms. The minimum atomic E-state index is -0.722. The maximum absolute atomic E-state index is 13.3. The van der Waals surface area contributed by atoms with Gasteiger partial charge in [-0.2, -0.15) is 0 Å². The van der Waals surface area contributed by atoms with Gasteiger partial charge in [0.05, 0.1) is 61.5 Å². The topological polar surface area (TPSA) is 174 Å². The van der Waals surface area contributed by atoms with E-state index in [0.29, 0.717) is 29.9 Å². The molecule has 2 aliphatic heterocycles. The van der Waals surface area contributed by atoms with Gasteiger partial charge in [0.2, 0.25) is 5.91 Å². The number of rotatable bonds is 15. The van der Waals surface area contributed by atoms with Crippen LogP contribution in [0.3, 0.4) is 0 Å². The monoisotopic (exact) mass is 797 g/mol. The Morgan fingerprint density at radius 2 is 1.34 bits per heavy atom. The zero-order chi connectivity index (χ0) is 42.5. The van der Waals surface area contributed by atoms with Gasteiger partial charge in [0.25, 0.3) is 0 Å². The Morgan fingerprint density at radius 3 is 1.88 bits per heavy atom.